The van der Waals surface area contributed by atoms with Gasteiger partial charge in [-0.3, -0.25) is 0 Å². The summed E-state index contributed by atoms with van der Waals surface area (Å²) in [6.07, 6.45) is 3.11. The first kappa shape index (κ1) is 21.9. The highest BCUT2D eigenvalue weighted by Gasteiger charge is 2.38. The molecule has 4 aromatic rings. The zero-order valence-electron chi connectivity index (χ0n) is 18.5. The molecule has 10 heteroatoms. The Morgan fingerprint density at radius 1 is 1.09 bits per heavy atom. The van der Waals surface area contributed by atoms with Gasteiger partial charge in [-0.2, -0.15) is 18.3 Å². The molecule has 0 unspecified atom stereocenters. The Hall–Kier alpha value is -3.95. The van der Waals surface area contributed by atoms with Crippen LogP contribution in [0.2, 0.25) is 0 Å². The lowest BCUT2D eigenvalue weighted by Crippen LogP contribution is -2.12. The monoisotopic (exact) mass is 466 g/mol. The summed E-state index contributed by atoms with van der Waals surface area (Å²) in [6, 6.07) is 9.36. The molecule has 1 aromatic carbocycles. The first-order chi connectivity index (χ1) is 16.3. The number of pyridine rings is 1. The van der Waals surface area contributed by atoms with E-state index in [0.29, 0.717) is 36.2 Å². The van der Waals surface area contributed by atoms with Crippen LogP contribution in [0, 0.1) is 6.92 Å². The van der Waals surface area contributed by atoms with Crippen LogP contribution in [0.5, 0.6) is 5.88 Å². The van der Waals surface area contributed by atoms with E-state index in [1.165, 1.54) is 12.1 Å². The third-order valence-corrected chi connectivity index (χ3v) is 5.75. The average molecular weight is 466 g/mol. The van der Waals surface area contributed by atoms with Crippen molar-refractivity contribution in [2.75, 3.05) is 7.11 Å². The van der Waals surface area contributed by atoms with Gasteiger partial charge in [0, 0.05) is 18.7 Å². The number of aromatic nitrogens is 6. The predicted octanol–water partition coefficient (Wildman–Crippen LogP) is 4.90. The van der Waals surface area contributed by atoms with E-state index in [2.05, 4.69) is 20.1 Å². The van der Waals surface area contributed by atoms with Crippen molar-refractivity contribution in [3.05, 3.63) is 83.1 Å². The first-order valence-electron chi connectivity index (χ1n) is 10.7. The van der Waals surface area contributed by atoms with Gasteiger partial charge >= 0.3 is 6.18 Å². The largest absolute Gasteiger partial charge is 0.479 e. The minimum Gasteiger partial charge on any atom is -0.479 e. The summed E-state index contributed by atoms with van der Waals surface area (Å²) in [5.41, 5.74) is 1.87. The summed E-state index contributed by atoms with van der Waals surface area (Å²) in [5, 5.41) is 4.45. The van der Waals surface area contributed by atoms with E-state index in [9.17, 15) is 13.2 Å². The van der Waals surface area contributed by atoms with Gasteiger partial charge in [-0.25, -0.2) is 19.6 Å². The first-order valence-corrected chi connectivity index (χ1v) is 10.7. The highest BCUT2D eigenvalue weighted by molar-refractivity contribution is 5.65. The second kappa shape index (κ2) is 8.44. The summed E-state index contributed by atoms with van der Waals surface area (Å²) in [5.74, 6) is 0.930. The molecule has 174 valence electrons. The highest BCUT2D eigenvalue weighted by atomic mass is 19.4. The Bertz CT molecular complexity index is 1370. The van der Waals surface area contributed by atoms with Gasteiger partial charge in [0.05, 0.1) is 30.4 Å². The van der Waals surface area contributed by atoms with Gasteiger partial charge in [0.2, 0.25) is 5.88 Å². The van der Waals surface area contributed by atoms with Crippen molar-refractivity contribution in [2.24, 2.45) is 0 Å². The van der Waals surface area contributed by atoms with Crippen molar-refractivity contribution >= 4 is 12.2 Å². The molecular weight excluding hydrogens is 445 g/mol. The minimum atomic E-state index is -4.42. The van der Waals surface area contributed by atoms with E-state index in [-0.39, 0.29) is 5.56 Å². The van der Waals surface area contributed by atoms with Gasteiger partial charge in [-0.1, -0.05) is 18.2 Å². The number of aryl methyl sites for hydroxylation is 2. The fourth-order valence-corrected chi connectivity index (χ4v) is 4.20. The summed E-state index contributed by atoms with van der Waals surface area (Å²) >= 11 is 0. The van der Waals surface area contributed by atoms with Crippen LogP contribution in [0.15, 0.2) is 48.9 Å². The van der Waals surface area contributed by atoms with Gasteiger partial charge < -0.3 is 9.30 Å². The quantitative estimate of drug-likeness (QED) is 0.418. The molecule has 0 radical (unpaired) electrons. The highest BCUT2D eigenvalue weighted by Crippen LogP contribution is 2.40. The van der Waals surface area contributed by atoms with Crippen LogP contribution in [0.25, 0.3) is 17.8 Å². The maximum Gasteiger partial charge on any atom is 0.416 e. The van der Waals surface area contributed by atoms with Crippen LogP contribution in [-0.2, 0) is 12.7 Å². The molecule has 0 saturated heterocycles. The van der Waals surface area contributed by atoms with Gasteiger partial charge in [-0.05, 0) is 49.3 Å². The number of fused-ring (bicyclic) bond motifs is 1. The molecule has 3 aromatic heterocycles. The zero-order chi connectivity index (χ0) is 23.9. The van der Waals surface area contributed by atoms with Gasteiger partial charge in [0.1, 0.15) is 11.5 Å². The van der Waals surface area contributed by atoms with E-state index >= 15 is 0 Å². The third kappa shape index (κ3) is 4.07. The lowest BCUT2D eigenvalue weighted by atomic mass is 9.92. The molecule has 34 heavy (non-hydrogen) atoms. The molecule has 4 heterocycles. The number of hydrogen-bond acceptors (Lipinski definition) is 5. The molecule has 1 aliphatic heterocycles. The molecule has 0 fully saturated rings. The SMILES string of the molecule is COc1nc(C=Cc2nc3n(n2)CC[C@@H]3c2ccccc2C(F)(F)F)ccc1-n1cnc(C)c1. The standard InChI is InChI=1S/C24H21F3N6O/c1-15-13-32(14-28-15)20-9-7-16(29-23(20)34-2)8-10-21-30-22-18(11-12-33(22)31-21)17-5-3-4-6-19(17)24(25,26)27/h3-10,13-14,18H,11-12H2,1-2H3/t18-/m1/s1. The summed E-state index contributed by atoms with van der Waals surface area (Å²) in [6.45, 7) is 2.41. The van der Waals surface area contributed by atoms with E-state index in [1.807, 2.05) is 29.8 Å². The number of nitrogens with zero attached hydrogens (tertiary/aromatic N) is 6. The number of rotatable bonds is 5. The van der Waals surface area contributed by atoms with Gasteiger partial charge in [0.15, 0.2) is 5.82 Å². The number of benzene rings is 1. The lowest BCUT2D eigenvalue weighted by molar-refractivity contribution is -0.138. The molecule has 0 saturated carbocycles. The van der Waals surface area contributed by atoms with Crippen molar-refractivity contribution in [3.63, 3.8) is 0 Å². The molecule has 0 N–H and O–H groups in total. The van der Waals surface area contributed by atoms with Crippen LogP contribution < -0.4 is 4.74 Å². The van der Waals surface area contributed by atoms with Crippen LogP contribution in [0.3, 0.4) is 0 Å². The number of halogens is 3. The zero-order valence-corrected chi connectivity index (χ0v) is 18.5. The molecule has 0 aliphatic carbocycles. The third-order valence-electron chi connectivity index (χ3n) is 5.75. The average Bonchev–Trinajstić information content (AvgIpc) is 3.52. The van der Waals surface area contributed by atoms with Crippen LogP contribution in [0.1, 0.15) is 46.5 Å². The predicted molar refractivity (Wildman–Crippen MR) is 120 cm³/mol. The van der Waals surface area contributed by atoms with Crippen molar-refractivity contribution in [3.8, 4) is 11.6 Å². The molecule has 5 rings (SSSR count). The maximum atomic E-state index is 13.5. The number of imidazole rings is 1. The van der Waals surface area contributed by atoms with E-state index in [0.717, 1.165) is 17.4 Å². The van der Waals surface area contributed by atoms with Crippen LogP contribution >= 0.6 is 0 Å². The van der Waals surface area contributed by atoms with Crippen molar-refractivity contribution in [2.45, 2.75) is 32.0 Å². The Labute approximate surface area is 193 Å². The van der Waals surface area contributed by atoms with Crippen LogP contribution in [0.4, 0.5) is 13.2 Å². The van der Waals surface area contributed by atoms with Gasteiger partial charge in [-0.15, -0.1) is 0 Å². The minimum absolute atomic E-state index is 0.230. The second-order valence-corrected chi connectivity index (χ2v) is 8.00. The fraction of sp³-hybridized carbons (Fsp3) is 0.250. The number of hydrogen-bond donors (Lipinski definition) is 0. The topological polar surface area (TPSA) is 70.7 Å². The van der Waals surface area contributed by atoms with Crippen molar-refractivity contribution in [1.82, 2.24) is 29.3 Å². The van der Waals surface area contributed by atoms with Crippen molar-refractivity contribution in [1.29, 1.82) is 0 Å². The molecule has 0 bridgehead atoms. The van der Waals surface area contributed by atoms with E-state index < -0.39 is 17.7 Å². The Kier molecular flexibility index (Phi) is 5.43. The summed E-state index contributed by atoms with van der Waals surface area (Å²) < 4.78 is 49.5. The maximum absolute atomic E-state index is 13.5. The molecule has 1 atom stereocenters. The normalized spacial score (nSPS) is 15.7. The van der Waals surface area contributed by atoms with Gasteiger partial charge in [0.25, 0.3) is 0 Å². The van der Waals surface area contributed by atoms with E-state index in [4.69, 9.17) is 4.74 Å². The molecule has 0 spiro atoms. The Morgan fingerprint density at radius 2 is 1.91 bits per heavy atom. The number of ether oxygens (including phenoxy) is 1. The molecule has 0 amide bonds. The lowest BCUT2D eigenvalue weighted by Gasteiger charge is -2.16. The van der Waals surface area contributed by atoms with Crippen molar-refractivity contribution < 1.29 is 17.9 Å². The number of methoxy groups -OCH3 is 1. The molecule has 7 nitrogen and oxygen atoms in total. The Morgan fingerprint density at radius 3 is 2.65 bits per heavy atom. The number of alkyl halides is 3. The summed E-state index contributed by atoms with van der Waals surface area (Å²) in [4.78, 5) is 13.3. The smallest absolute Gasteiger partial charge is 0.416 e. The fourth-order valence-electron chi connectivity index (χ4n) is 4.20. The second-order valence-electron chi connectivity index (χ2n) is 8.00. The molecule has 1 aliphatic rings. The van der Waals surface area contributed by atoms with Crippen LogP contribution in [-0.4, -0.2) is 36.4 Å². The van der Waals surface area contributed by atoms with E-state index in [1.54, 1.807) is 36.3 Å². The summed E-state index contributed by atoms with van der Waals surface area (Å²) in [7, 11) is 1.55. The Balaban J connectivity index is 1.41. The molecular formula is C24H21F3N6O.